The van der Waals surface area contributed by atoms with E-state index in [2.05, 4.69) is 5.43 Å². The summed E-state index contributed by atoms with van der Waals surface area (Å²) >= 11 is 0. The highest BCUT2D eigenvalue weighted by molar-refractivity contribution is 5.97. The summed E-state index contributed by atoms with van der Waals surface area (Å²) in [6, 6.07) is 5.21. The maximum Gasteiger partial charge on any atom is 0.269 e. The quantitative estimate of drug-likeness (QED) is 0.901. The number of hydrogen-bond acceptors (Lipinski definition) is 4. The summed E-state index contributed by atoms with van der Waals surface area (Å²) in [7, 11) is 3.13. The number of rotatable bonds is 4. The zero-order valence-corrected chi connectivity index (χ0v) is 11.4. The molecule has 1 aliphatic heterocycles. The first kappa shape index (κ1) is 13.7. The second kappa shape index (κ2) is 6.43. The molecule has 1 saturated heterocycles. The van der Waals surface area contributed by atoms with Crippen molar-refractivity contribution in [2.24, 2.45) is 0 Å². The van der Waals surface area contributed by atoms with Crippen molar-refractivity contribution in [1.82, 2.24) is 10.4 Å². The Morgan fingerprint density at radius 3 is 2.53 bits per heavy atom. The first-order valence-electron chi connectivity index (χ1n) is 6.52. The van der Waals surface area contributed by atoms with Gasteiger partial charge in [-0.25, -0.2) is 5.01 Å². The zero-order chi connectivity index (χ0) is 13.7. The zero-order valence-electron chi connectivity index (χ0n) is 11.4. The molecule has 1 aromatic carbocycles. The minimum Gasteiger partial charge on any atom is -0.497 e. The highest BCUT2D eigenvalue weighted by atomic mass is 16.5. The van der Waals surface area contributed by atoms with E-state index in [0.717, 1.165) is 25.9 Å². The predicted octanol–water partition coefficient (Wildman–Crippen LogP) is 1.83. The van der Waals surface area contributed by atoms with Crippen molar-refractivity contribution in [3.63, 3.8) is 0 Å². The number of nitrogens with one attached hydrogen (secondary N) is 1. The lowest BCUT2D eigenvalue weighted by Crippen LogP contribution is -2.45. The number of nitrogens with zero attached hydrogens (tertiary/aromatic N) is 1. The summed E-state index contributed by atoms with van der Waals surface area (Å²) in [6.45, 7) is 1.80. The van der Waals surface area contributed by atoms with E-state index in [1.807, 2.05) is 5.01 Å². The van der Waals surface area contributed by atoms with Crippen molar-refractivity contribution in [2.45, 2.75) is 19.3 Å². The third-order valence-corrected chi connectivity index (χ3v) is 3.27. The number of piperidine rings is 1. The van der Waals surface area contributed by atoms with E-state index in [1.165, 1.54) is 6.42 Å². The van der Waals surface area contributed by atoms with Crippen molar-refractivity contribution in [1.29, 1.82) is 0 Å². The van der Waals surface area contributed by atoms with Crippen LogP contribution in [0.15, 0.2) is 18.2 Å². The van der Waals surface area contributed by atoms with Gasteiger partial charge in [-0.05, 0) is 31.0 Å². The van der Waals surface area contributed by atoms with Crippen LogP contribution in [0.3, 0.4) is 0 Å². The SMILES string of the molecule is COc1ccc(OC)c(C(=O)NN2CCCCC2)c1. The largest absolute Gasteiger partial charge is 0.497 e. The van der Waals surface area contributed by atoms with E-state index in [4.69, 9.17) is 9.47 Å². The van der Waals surface area contributed by atoms with Gasteiger partial charge < -0.3 is 9.47 Å². The molecule has 1 N–H and O–H groups in total. The lowest BCUT2D eigenvalue weighted by atomic mass is 10.1. The highest BCUT2D eigenvalue weighted by Gasteiger charge is 2.17. The van der Waals surface area contributed by atoms with E-state index >= 15 is 0 Å². The molecule has 0 spiro atoms. The molecule has 104 valence electrons. The summed E-state index contributed by atoms with van der Waals surface area (Å²) in [5.74, 6) is 1.04. The fourth-order valence-electron chi connectivity index (χ4n) is 2.20. The van der Waals surface area contributed by atoms with Crippen LogP contribution in [-0.2, 0) is 0 Å². The van der Waals surface area contributed by atoms with Crippen molar-refractivity contribution in [3.8, 4) is 11.5 Å². The van der Waals surface area contributed by atoms with E-state index in [-0.39, 0.29) is 5.91 Å². The molecule has 19 heavy (non-hydrogen) atoms. The van der Waals surface area contributed by atoms with Crippen LogP contribution in [0.1, 0.15) is 29.6 Å². The molecule has 0 aromatic heterocycles. The van der Waals surface area contributed by atoms with Gasteiger partial charge in [0, 0.05) is 13.1 Å². The number of amides is 1. The van der Waals surface area contributed by atoms with E-state index in [9.17, 15) is 4.79 Å². The standard InChI is InChI=1S/C14H20N2O3/c1-18-11-6-7-13(19-2)12(10-11)14(17)15-16-8-4-3-5-9-16/h6-7,10H,3-5,8-9H2,1-2H3,(H,15,17). The highest BCUT2D eigenvalue weighted by Crippen LogP contribution is 2.24. The van der Waals surface area contributed by atoms with Crippen LogP contribution in [-0.4, -0.2) is 38.2 Å². The topological polar surface area (TPSA) is 50.8 Å². The van der Waals surface area contributed by atoms with Gasteiger partial charge in [-0.1, -0.05) is 6.42 Å². The van der Waals surface area contributed by atoms with Gasteiger partial charge in [0.15, 0.2) is 0 Å². The summed E-state index contributed by atoms with van der Waals surface area (Å²) < 4.78 is 10.4. The predicted molar refractivity (Wildman–Crippen MR) is 72.4 cm³/mol. The second-order valence-corrected chi connectivity index (χ2v) is 4.55. The Labute approximate surface area is 113 Å². The summed E-state index contributed by atoms with van der Waals surface area (Å²) in [5, 5.41) is 1.96. The van der Waals surface area contributed by atoms with Crippen LogP contribution < -0.4 is 14.9 Å². The molecule has 0 bridgehead atoms. The monoisotopic (exact) mass is 264 g/mol. The lowest BCUT2D eigenvalue weighted by Gasteiger charge is -2.27. The Hall–Kier alpha value is -1.75. The molecule has 1 aromatic rings. The number of benzene rings is 1. The van der Waals surface area contributed by atoms with Gasteiger partial charge >= 0.3 is 0 Å². The number of carbonyl (C=O) groups is 1. The van der Waals surface area contributed by atoms with Crippen LogP contribution in [0.4, 0.5) is 0 Å². The number of hydrogen-bond donors (Lipinski definition) is 1. The average Bonchev–Trinajstić information content (AvgIpc) is 2.47. The van der Waals surface area contributed by atoms with Crippen molar-refractivity contribution in [3.05, 3.63) is 23.8 Å². The first-order valence-corrected chi connectivity index (χ1v) is 6.52. The van der Waals surface area contributed by atoms with E-state index in [0.29, 0.717) is 17.1 Å². The Morgan fingerprint density at radius 2 is 1.89 bits per heavy atom. The van der Waals surface area contributed by atoms with Gasteiger partial charge in [0.1, 0.15) is 11.5 Å². The van der Waals surface area contributed by atoms with Crippen molar-refractivity contribution < 1.29 is 14.3 Å². The maximum atomic E-state index is 12.3. The van der Waals surface area contributed by atoms with E-state index in [1.54, 1.807) is 32.4 Å². The molecular formula is C14H20N2O3. The molecular weight excluding hydrogens is 244 g/mol. The number of hydrazine groups is 1. The van der Waals surface area contributed by atoms with Gasteiger partial charge in [-0.3, -0.25) is 10.2 Å². The molecule has 1 heterocycles. The molecule has 2 rings (SSSR count). The normalized spacial score (nSPS) is 15.9. The molecule has 0 saturated carbocycles. The Morgan fingerprint density at radius 1 is 1.16 bits per heavy atom. The van der Waals surface area contributed by atoms with Crippen LogP contribution >= 0.6 is 0 Å². The minimum absolute atomic E-state index is 0.155. The summed E-state index contributed by atoms with van der Waals surface area (Å²) in [5.41, 5.74) is 3.41. The third kappa shape index (κ3) is 3.38. The Kier molecular flexibility index (Phi) is 4.63. The first-order chi connectivity index (χ1) is 9.24. The Balaban J connectivity index is 2.12. The van der Waals surface area contributed by atoms with Gasteiger partial charge in [-0.2, -0.15) is 0 Å². The average molecular weight is 264 g/mol. The minimum atomic E-state index is -0.155. The molecule has 0 radical (unpaired) electrons. The lowest BCUT2D eigenvalue weighted by molar-refractivity contribution is 0.0746. The third-order valence-electron chi connectivity index (χ3n) is 3.27. The molecule has 1 amide bonds. The van der Waals surface area contributed by atoms with Gasteiger partial charge in [0.2, 0.25) is 0 Å². The van der Waals surface area contributed by atoms with Crippen LogP contribution in [0, 0.1) is 0 Å². The molecule has 0 aliphatic carbocycles. The number of carbonyl (C=O) groups excluding carboxylic acids is 1. The van der Waals surface area contributed by atoms with Gasteiger partial charge in [-0.15, -0.1) is 0 Å². The number of methoxy groups -OCH3 is 2. The molecule has 5 nitrogen and oxygen atoms in total. The molecule has 0 unspecified atom stereocenters. The Bertz CT molecular complexity index is 442. The molecule has 1 aliphatic rings. The second-order valence-electron chi connectivity index (χ2n) is 4.55. The van der Waals surface area contributed by atoms with Crippen LogP contribution in [0.2, 0.25) is 0 Å². The van der Waals surface area contributed by atoms with Crippen molar-refractivity contribution >= 4 is 5.91 Å². The molecule has 0 atom stereocenters. The van der Waals surface area contributed by atoms with Gasteiger partial charge in [0.05, 0.1) is 19.8 Å². The summed E-state index contributed by atoms with van der Waals surface area (Å²) in [6.07, 6.45) is 3.47. The van der Waals surface area contributed by atoms with Crippen LogP contribution in [0.5, 0.6) is 11.5 Å². The fraction of sp³-hybridized carbons (Fsp3) is 0.500. The van der Waals surface area contributed by atoms with Crippen molar-refractivity contribution in [2.75, 3.05) is 27.3 Å². The maximum absolute atomic E-state index is 12.3. The smallest absolute Gasteiger partial charge is 0.269 e. The summed E-state index contributed by atoms with van der Waals surface area (Å²) in [4.78, 5) is 12.3. The van der Waals surface area contributed by atoms with Gasteiger partial charge in [0.25, 0.3) is 5.91 Å². The number of ether oxygens (including phenoxy) is 2. The molecule has 1 fully saturated rings. The fourth-order valence-corrected chi connectivity index (χ4v) is 2.20. The van der Waals surface area contributed by atoms with Crippen LogP contribution in [0.25, 0.3) is 0 Å². The molecule has 5 heteroatoms. The van der Waals surface area contributed by atoms with E-state index < -0.39 is 0 Å².